The molecule has 0 radical (unpaired) electrons. The third kappa shape index (κ3) is 2.51. The van der Waals surface area contributed by atoms with Gasteiger partial charge in [-0.1, -0.05) is 84.9 Å². The van der Waals surface area contributed by atoms with E-state index in [0.717, 1.165) is 17.1 Å². The van der Waals surface area contributed by atoms with E-state index in [-0.39, 0.29) is 10.6 Å². The molecule has 1 heterocycles. The van der Waals surface area contributed by atoms with Gasteiger partial charge >= 0.3 is 0 Å². The van der Waals surface area contributed by atoms with Crippen LogP contribution in [0.15, 0.2) is 121 Å². The van der Waals surface area contributed by atoms with E-state index in [1.165, 1.54) is 33.4 Å². The van der Waals surface area contributed by atoms with Crippen molar-refractivity contribution < 1.29 is 4.92 Å². The van der Waals surface area contributed by atoms with Crippen molar-refractivity contribution in [1.82, 2.24) is 0 Å². The van der Waals surface area contributed by atoms with E-state index in [4.69, 9.17) is 0 Å². The third-order valence-electron chi connectivity index (χ3n) is 7.37. The standard InChI is InChI=1S/C31H20N2O2/c34-33(35)22-19-17-21(18-20-22)32-29-15-7-5-13-27(29)31(28-14-6-8-16-30(28)32)25-11-3-1-9-23(25)24-10-2-4-12-26(24)31/h1-20H. The van der Waals surface area contributed by atoms with Gasteiger partial charge in [0.15, 0.2) is 0 Å². The van der Waals surface area contributed by atoms with Crippen LogP contribution in [0.25, 0.3) is 11.1 Å². The Labute approximate surface area is 202 Å². The lowest BCUT2D eigenvalue weighted by Gasteiger charge is -2.45. The first-order valence-corrected chi connectivity index (χ1v) is 11.6. The Morgan fingerprint density at radius 3 is 1.46 bits per heavy atom. The average Bonchev–Trinajstić information content (AvgIpc) is 3.21. The molecule has 0 bridgehead atoms. The van der Waals surface area contributed by atoms with Gasteiger partial charge in [-0.05, 0) is 57.6 Å². The van der Waals surface area contributed by atoms with Crippen LogP contribution in [0, 0.1) is 10.1 Å². The number of non-ortho nitro benzene ring substituents is 1. The summed E-state index contributed by atoms with van der Waals surface area (Å²) in [5, 5.41) is 11.3. The highest BCUT2D eigenvalue weighted by molar-refractivity contribution is 5.95. The van der Waals surface area contributed by atoms with Crippen molar-refractivity contribution in [2.24, 2.45) is 0 Å². The SMILES string of the molecule is O=[N+]([O-])c1ccc(N2c3ccccc3C3(c4ccccc4-c4ccccc43)c3ccccc32)cc1. The van der Waals surface area contributed by atoms with Crippen molar-refractivity contribution in [2.45, 2.75) is 5.41 Å². The molecule has 0 aromatic heterocycles. The zero-order valence-electron chi connectivity index (χ0n) is 18.8. The first-order chi connectivity index (χ1) is 17.2. The summed E-state index contributed by atoms with van der Waals surface area (Å²) in [6.07, 6.45) is 0. The van der Waals surface area contributed by atoms with Crippen LogP contribution < -0.4 is 4.90 Å². The first-order valence-electron chi connectivity index (χ1n) is 11.6. The number of benzene rings is 5. The summed E-state index contributed by atoms with van der Waals surface area (Å²) in [6.45, 7) is 0. The quantitative estimate of drug-likeness (QED) is 0.199. The molecule has 0 saturated carbocycles. The predicted molar refractivity (Wildman–Crippen MR) is 139 cm³/mol. The lowest BCUT2D eigenvalue weighted by Crippen LogP contribution is -2.36. The molecular formula is C31H20N2O2. The first kappa shape index (κ1) is 19.7. The van der Waals surface area contributed by atoms with Gasteiger partial charge in [-0.2, -0.15) is 0 Å². The predicted octanol–water partition coefficient (Wildman–Crippen LogP) is 7.74. The second-order valence-electron chi connectivity index (χ2n) is 8.98. The maximum absolute atomic E-state index is 11.3. The summed E-state index contributed by atoms with van der Waals surface area (Å²) in [5.74, 6) is 0. The van der Waals surface area contributed by atoms with Crippen LogP contribution in [-0.4, -0.2) is 4.92 Å². The molecule has 5 aromatic rings. The van der Waals surface area contributed by atoms with E-state index in [1.807, 2.05) is 12.1 Å². The zero-order chi connectivity index (χ0) is 23.6. The zero-order valence-corrected chi connectivity index (χ0v) is 18.8. The van der Waals surface area contributed by atoms with Gasteiger partial charge < -0.3 is 4.90 Å². The number of anilines is 3. The fraction of sp³-hybridized carbons (Fsp3) is 0.0323. The maximum atomic E-state index is 11.3. The summed E-state index contributed by atoms with van der Waals surface area (Å²) < 4.78 is 0. The fourth-order valence-electron chi connectivity index (χ4n) is 6.06. The van der Waals surface area contributed by atoms with Crippen LogP contribution in [-0.2, 0) is 5.41 Å². The van der Waals surface area contributed by atoms with Gasteiger partial charge in [0.2, 0.25) is 0 Å². The number of hydrogen-bond acceptors (Lipinski definition) is 3. The van der Waals surface area contributed by atoms with Crippen molar-refractivity contribution in [2.75, 3.05) is 4.90 Å². The molecule has 0 N–H and O–H groups in total. The Kier molecular flexibility index (Phi) is 4.03. The van der Waals surface area contributed by atoms with E-state index < -0.39 is 5.41 Å². The monoisotopic (exact) mass is 452 g/mol. The molecule has 1 aliphatic heterocycles. The van der Waals surface area contributed by atoms with E-state index in [9.17, 15) is 10.1 Å². The van der Waals surface area contributed by atoms with Crippen molar-refractivity contribution in [1.29, 1.82) is 0 Å². The maximum Gasteiger partial charge on any atom is 0.269 e. The van der Waals surface area contributed by atoms with Gasteiger partial charge in [0.25, 0.3) is 5.69 Å². The largest absolute Gasteiger partial charge is 0.310 e. The van der Waals surface area contributed by atoms with Gasteiger partial charge in [0.1, 0.15) is 0 Å². The van der Waals surface area contributed by atoms with Crippen molar-refractivity contribution in [3.63, 3.8) is 0 Å². The lowest BCUT2D eigenvalue weighted by atomic mass is 9.64. The number of rotatable bonds is 2. The molecule has 4 heteroatoms. The highest BCUT2D eigenvalue weighted by Gasteiger charge is 2.51. The Morgan fingerprint density at radius 2 is 0.971 bits per heavy atom. The molecule has 1 spiro atoms. The minimum atomic E-state index is -0.447. The van der Waals surface area contributed by atoms with Gasteiger partial charge in [-0.25, -0.2) is 0 Å². The van der Waals surface area contributed by atoms with E-state index >= 15 is 0 Å². The van der Waals surface area contributed by atoms with Crippen molar-refractivity contribution in [3.05, 3.63) is 154 Å². The van der Waals surface area contributed by atoms with Crippen LogP contribution in [0.4, 0.5) is 22.7 Å². The Balaban J connectivity index is 1.59. The summed E-state index contributed by atoms with van der Waals surface area (Å²) in [4.78, 5) is 13.1. The molecule has 1 aliphatic carbocycles. The van der Waals surface area contributed by atoms with Gasteiger partial charge in [0, 0.05) is 17.8 Å². The van der Waals surface area contributed by atoms with Crippen molar-refractivity contribution in [3.8, 4) is 11.1 Å². The third-order valence-corrected chi connectivity index (χ3v) is 7.37. The minimum absolute atomic E-state index is 0.0856. The smallest absolute Gasteiger partial charge is 0.269 e. The Bertz CT molecular complexity index is 1540. The number of nitro groups is 1. The number of fused-ring (bicyclic) bond motifs is 9. The molecular weight excluding hydrogens is 432 g/mol. The molecule has 166 valence electrons. The molecule has 7 rings (SSSR count). The second kappa shape index (κ2) is 7.15. The Morgan fingerprint density at radius 1 is 0.543 bits per heavy atom. The molecule has 0 fully saturated rings. The number of hydrogen-bond donors (Lipinski definition) is 0. The highest BCUT2D eigenvalue weighted by Crippen LogP contribution is 2.63. The average molecular weight is 453 g/mol. The molecule has 0 atom stereocenters. The van der Waals surface area contributed by atoms with Crippen molar-refractivity contribution >= 4 is 22.7 Å². The molecule has 0 amide bonds. The topological polar surface area (TPSA) is 46.4 Å². The number of para-hydroxylation sites is 2. The van der Waals surface area contributed by atoms with Crippen LogP contribution in [0.2, 0.25) is 0 Å². The lowest BCUT2D eigenvalue weighted by molar-refractivity contribution is -0.384. The summed E-state index contributed by atoms with van der Waals surface area (Å²) >= 11 is 0. The second-order valence-corrected chi connectivity index (χ2v) is 8.98. The summed E-state index contributed by atoms with van der Waals surface area (Å²) in [5.41, 5.74) is 10.2. The summed E-state index contributed by atoms with van der Waals surface area (Å²) in [7, 11) is 0. The molecule has 2 aliphatic rings. The molecule has 5 aromatic carbocycles. The molecule has 0 saturated heterocycles. The van der Waals surface area contributed by atoms with E-state index in [1.54, 1.807) is 12.1 Å². The van der Waals surface area contributed by atoms with Gasteiger partial charge in [-0.15, -0.1) is 0 Å². The normalized spacial score (nSPS) is 14.1. The molecule has 0 unspecified atom stereocenters. The number of nitrogens with zero attached hydrogens (tertiary/aromatic N) is 2. The van der Waals surface area contributed by atoms with Crippen LogP contribution in [0.3, 0.4) is 0 Å². The van der Waals surface area contributed by atoms with Gasteiger partial charge in [-0.3, -0.25) is 10.1 Å². The van der Waals surface area contributed by atoms with E-state index in [0.29, 0.717) is 0 Å². The van der Waals surface area contributed by atoms with Crippen LogP contribution in [0.1, 0.15) is 22.3 Å². The fourth-order valence-corrected chi connectivity index (χ4v) is 6.06. The summed E-state index contributed by atoms with van der Waals surface area (Å²) in [6, 6.07) is 41.3. The Hall–Kier alpha value is -4.70. The molecule has 35 heavy (non-hydrogen) atoms. The van der Waals surface area contributed by atoms with E-state index in [2.05, 4.69) is 102 Å². The van der Waals surface area contributed by atoms with Gasteiger partial charge in [0.05, 0.1) is 21.7 Å². The number of nitro benzene ring substituents is 1. The highest BCUT2D eigenvalue weighted by atomic mass is 16.6. The molecule has 4 nitrogen and oxygen atoms in total. The van der Waals surface area contributed by atoms with Crippen LogP contribution >= 0.6 is 0 Å². The minimum Gasteiger partial charge on any atom is -0.310 e. The van der Waals surface area contributed by atoms with Crippen LogP contribution in [0.5, 0.6) is 0 Å².